The Bertz CT molecular complexity index is 663. The average molecular weight is 265 g/mol. The molecule has 2 aromatic rings. The third-order valence-electron chi connectivity index (χ3n) is 3.77. The summed E-state index contributed by atoms with van der Waals surface area (Å²) in [7, 11) is 0. The van der Waals surface area contributed by atoms with Crippen LogP contribution in [0.2, 0.25) is 0 Å². The molecule has 0 saturated carbocycles. The third-order valence-corrected chi connectivity index (χ3v) is 3.77. The van der Waals surface area contributed by atoms with Gasteiger partial charge in [0.25, 0.3) is 11.8 Å². The first-order valence-corrected chi connectivity index (χ1v) is 6.59. The molecule has 3 heteroatoms. The fraction of sp³-hybridized carbons (Fsp3) is 0.176. The van der Waals surface area contributed by atoms with Crippen LogP contribution in [0.5, 0.6) is 0 Å². The number of nitrogens with zero attached hydrogens (tertiary/aromatic N) is 1. The summed E-state index contributed by atoms with van der Waals surface area (Å²) in [6.45, 7) is 4.23. The minimum absolute atomic E-state index is 0.197. The van der Waals surface area contributed by atoms with Crippen molar-refractivity contribution in [1.29, 1.82) is 0 Å². The monoisotopic (exact) mass is 265 g/mol. The van der Waals surface area contributed by atoms with Crippen molar-refractivity contribution in [2.75, 3.05) is 0 Å². The smallest absolute Gasteiger partial charge is 0.261 e. The molecule has 0 aromatic heterocycles. The Morgan fingerprint density at radius 2 is 1.35 bits per heavy atom. The summed E-state index contributed by atoms with van der Waals surface area (Å²) in [5, 5.41) is 0. The minimum atomic E-state index is -0.197. The van der Waals surface area contributed by atoms with Gasteiger partial charge in [-0.3, -0.25) is 14.5 Å². The highest BCUT2D eigenvalue weighted by Gasteiger charge is 2.35. The van der Waals surface area contributed by atoms with Gasteiger partial charge in [-0.15, -0.1) is 0 Å². The van der Waals surface area contributed by atoms with Gasteiger partial charge in [0.05, 0.1) is 17.7 Å². The lowest BCUT2D eigenvalue weighted by Crippen LogP contribution is -2.29. The van der Waals surface area contributed by atoms with E-state index in [1.165, 1.54) is 4.90 Å². The van der Waals surface area contributed by atoms with Crippen LogP contribution in [0.4, 0.5) is 0 Å². The highest BCUT2D eigenvalue weighted by molar-refractivity contribution is 6.21. The molecule has 0 spiro atoms. The first kappa shape index (κ1) is 12.6. The van der Waals surface area contributed by atoms with E-state index < -0.39 is 0 Å². The van der Waals surface area contributed by atoms with Crippen molar-refractivity contribution in [2.24, 2.45) is 0 Å². The van der Waals surface area contributed by atoms with Crippen molar-refractivity contribution in [1.82, 2.24) is 4.90 Å². The average Bonchev–Trinajstić information content (AvgIpc) is 2.66. The van der Waals surface area contributed by atoms with Crippen molar-refractivity contribution >= 4 is 11.8 Å². The zero-order valence-corrected chi connectivity index (χ0v) is 11.5. The number of rotatable bonds is 2. The summed E-state index contributed by atoms with van der Waals surface area (Å²) >= 11 is 0. The molecule has 3 rings (SSSR count). The van der Waals surface area contributed by atoms with E-state index >= 15 is 0 Å². The van der Waals surface area contributed by atoms with E-state index in [-0.39, 0.29) is 11.8 Å². The zero-order chi connectivity index (χ0) is 14.3. The van der Waals surface area contributed by atoms with Gasteiger partial charge in [-0.05, 0) is 42.7 Å². The Balaban J connectivity index is 1.97. The van der Waals surface area contributed by atoms with Crippen LogP contribution in [-0.4, -0.2) is 16.7 Å². The first-order chi connectivity index (χ1) is 9.58. The van der Waals surface area contributed by atoms with Crippen molar-refractivity contribution in [2.45, 2.75) is 20.4 Å². The summed E-state index contributed by atoms with van der Waals surface area (Å²) in [6, 6.07) is 13.2. The number of hydrogen-bond acceptors (Lipinski definition) is 2. The Morgan fingerprint density at radius 3 is 1.85 bits per heavy atom. The van der Waals surface area contributed by atoms with E-state index in [1.807, 2.05) is 56.3 Å². The predicted molar refractivity (Wildman–Crippen MR) is 76.6 cm³/mol. The largest absolute Gasteiger partial charge is 0.270 e. The zero-order valence-electron chi connectivity index (χ0n) is 11.5. The van der Waals surface area contributed by atoms with Crippen LogP contribution in [0.3, 0.4) is 0 Å². The summed E-state index contributed by atoms with van der Waals surface area (Å²) in [5.41, 5.74) is 4.07. The van der Waals surface area contributed by atoms with Crippen LogP contribution in [0, 0.1) is 13.8 Å². The lowest BCUT2D eigenvalue weighted by Gasteiger charge is -2.13. The maximum absolute atomic E-state index is 12.4. The molecule has 1 aliphatic rings. The van der Waals surface area contributed by atoms with E-state index in [9.17, 15) is 9.59 Å². The molecule has 0 saturated heterocycles. The predicted octanol–water partition coefficient (Wildman–Crippen LogP) is 3.10. The topological polar surface area (TPSA) is 37.4 Å². The van der Waals surface area contributed by atoms with Gasteiger partial charge in [-0.25, -0.2) is 0 Å². The number of hydrogen-bond donors (Lipinski definition) is 0. The second-order valence-electron chi connectivity index (χ2n) is 5.16. The summed E-state index contributed by atoms with van der Waals surface area (Å²) in [5.74, 6) is -0.395. The van der Waals surface area contributed by atoms with Gasteiger partial charge in [0.15, 0.2) is 0 Å². The van der Waals surface area contributed by atoms with E-state index in [0.29, 0.717) is 17.7 Å². The molecule has 0 fully saturated rings. The van der Waals surface area contributed by atoms with Gasteiger partial charge in [-0.1, -0.05) is 30.3 Å². The van der Waals surface area contributed by atoms with Crippen molar-refractivity contribution in [3.63, 3.8) is 0 Å². The lowest BCUT2D eigenvalue weighted by molar-refractivity contribution is 0.0642. The number of carbonyl (C=O) groups excluding carboxylic acids is 2. The highest BCUT2D eigenvalue weighted by atomic mass is 16.2. The molecule has 1 heterocycles. The number of imide groups is 1. The SMILES string of the molecule is Cc1cc2c(cc1C)C(=O)N(Cc1ccccc1)C2=O. The molecule has 0 bridgehead atoms. The Morgan fingerprint density at radius 1 is 0.850 bits per heavy atom. The Hall–Kier alpha value is -2.42. The summed E-state index contributed by atoms with van der Waals surface area (Å²) in [6.07, 6.45) is 0. The van der Waals surface area contributed by atoms with Gasteiger partial charge in [0.2, 0.25) is 0 Å². The maximum Gasteiger partial charge on any atom is 0.261 e. The fourth-order valence-electron chi connectivity index (χ4n) is 2.46. The maximum atomic E-state index is 12.4. The molecule has 3 nitrogen and oxygen atoms in total. The normalized spacial score (nSPS) is 13.8. The second kappa shape index (κ2) is 4.60. The van der Waals surface area contributed by atoms with Gasteiger partial charge in [0.1, 0.15) is 0 Å². The van der Waals surface area contributed by atoms with E-state index in [1.54, 1.807) is 0 Å². The number of aryl methyl sites for hydroxylation is 2. The van der Waals surface area contributed by atoms with Crippen LogP contribution in [0.15, 0.2) is 42.5 Å². The van der Waals surface area contributed by atoms with Crippen molar-refractivity contribution < 1.29 is 9.59 Å². The molecular weight excluding hydrogens is 250 g/mol. The molecule has 20 heavy (non-hydrogen) atoms. The molecule has 0 N–H and O–H groups in total. The van der Waals surface area contributed by atoms with Crippen LogP contribution in [0.25, 0.3) is 0 Å². The molecule has 2 amide bonds. The number of benzene rings is 2. The molecule has 2 aromatic carbocycles. The molecule has 100 valence electrons. The van der Waals surface area contributed by atoms with Crippen LogP contribution >= 0.6 is 0 Å². The van der Waals surface area contributed by atoms with Crippen LogP contribution in [0.1, 0.15) is 37.4 Å². The van der Waals surface area contributed by atoms with Gasteiger partial charge in [-0.2, -0.15) is 0 Å². The van der Waals surface area contributed by atoms with Crippen molar-refractivity contribution in [3.05, 3.63) is 70.3 Å². The summed E-state index contributed by atoms with van der Waals surface area (Å²) in [4.78, 5) is 26.1. The summed E-state index contributed by atoms with van der Waals surface area (Å²) < 4.78 is 0. The van der Waals surface area contributed by atoms with Gasteiger partial charge < -0.3 is 0 Å². The quantitative estimate of drug-likeness (QED) is 0.782. The van der Waals surface area contributed by atoms with Crippen LogP contribution in [-0.2, 0) is 6.54 Å². The highest BCUT2D eigenvalue weighted by Crippen LogP contribution is 2.27. The minimum Gasteiger partial charge on any atom is -0.270 e. The number of carbonyl (C=O) groups is 2. The number of amides is 2. The number of fused-ring (bicyclic) bond motifs is 1. The molecule has 0 unspecified atom stereocenters. The Kier molecular flexibility index (Phi) is 2.90. The molecular formula is C17H15NO2. The molecule has 0 radical (unpaired) electrons. The first-order valence-electron chi connectivity index (χ1n) is 6.59. The standard InChI is InChI=1S/C17H15NO2/c1-11-8-14-15(9-12(11)2)17(20)18(16(14)19)10-13-6-4-3-5-7-13/h3-9H,10H2,1-2H3. The third kappa shape index (κ3) is 1.92. The van der Waals surface area contributed by atoms with E-state index in [4.69, 9.17) is 0 Å². The van der Waals surface area contributed by atoms with E-state index in [2.05, 4.69) is 0 Å². The lowest BCUT2D eigenvalue weighted by atomic mass is 10.0. The van der Waals surface area contributed by atoms with Crippen LogP contribution < -0.4 is 0 Å². The Labute approximate surface area is 117 Å². The second-order valence-corrected chi connectivity index (χ2v) is 5.16. The van der Waals surface area contributed by atoms with Crippen molar-refractivity contribution in [3.8, 4) is 0 Å². The van der Waals surface area contributed by atoms with E-state index in [0.717, 1.165) is 16.7 Å². The molecule has 0 atom stereocenters. The fourth-order valence-corrected chi connectivity index (χ4v) is 2.46. The molecule has 0 aliphatic carbocycles. The van der Waals surface area contributed by atoms with Gasteiger partial charge in [0, 0.05) is 0 Å². The van der Waals surface area contributed by atoms with Gasteiger partial charge >= 0.3 is 0 Å². The molecule has 1 aliphatic heterocycles.